The molecular weight excluding hydrogens is 522 g/mol. The van der Waals surface area contributed by atoms with E-state index in [9.17, 15) is 10.1 Å². The van der Waals surface area contributed by atoms with E-state index in [1.807, 2.05) is 39.8 Å². The SMILES string of the molecule is CC.CC.CCCN(CCC)c1cc(N/N=C2\CCCc3ccc([N+](=O)[O-])cc32)nc(OCCN2CCOCC2)n1. The molecular formula is C30H49N7O4. The molecule has 0 atom stereocenters. The number of nitro benzene ring substituents is 1. The van der Waals surface area contributed by atoms with Crippen LogP contribution in [0.3, 0.4) is 0 Å². The zero-order valence-corrected chi connectivity index (χ0v) is 25.8. The molecule has 0 saturated carbocycles. The normalized spacial score (nSPS) is 15.5. The largest absolute Gasteiger partial charge is 0.462 e. The third kappa shape index (κ3) is 10.6. The molecule has 1 aliphatic heterocycles. The zero-order chi connectivity index (χ0) is 30.0. The van der Waals surface area contributed by atoms with Gasteiger partial charge in [-0.25, -0.2) is 0 Å². The van der Waals surface area contributed by atoms with Gasteiger partial charge in [0, 0.05) is 56.5 Å². The minimum absolute atomic E-state index is 0.0726. The monoisotopic (exact) mass is 571 g/mol. The van der Waals surface area contributed by atoms with Crippen LogP contribution in [0.25, 0.3) is 0 Å². The highest BCUT2D eigenvalue weighted by molar-refractivity contribution is 6.03. The number of nitro groups is 1. The molecule has 0 radical (unpaired) electrons. The summed E-state index contributed by atoms with van der Waals surface area (Å²) in [5, 5.41) is 16.0. The van der Waals surface area contributed by atoms with Gasteiger partial charge in [-0.3, -0.25) is 20.4 Å². The lowest BCUT2D eigenvalue weighted by Crippen LogP contribution is -2.38. The summed E-state index contributed by atoms with van der Waals surface area (Å²) in [7, 11) is 0. The smallest absolute Gasteiger partial charge is 0.320 e. The highest BCUT2D eigenvalue weighted by atomic mass is 16.6. The second-order valence-corrected chi connectivity index (χ2v) is 9.31. The number of benzene rings is 1. The second-order valence-electron chi connectivity index (χ2n) is 9.31. The van der Waals surface area contributed by atoms with Gasteiger partial charge >= 0.3 is 6.01 Å². The molecule has 2 aromatic rings. The van der Waals surface area contributed by atoms with Crippen LogP contribution in [0.1, 0.15) is 78.4 Å². The first-order valence-corrected chi connectivity index (χ1v) is 15.2. The lowest BCUT2D eigenvalue weighted by atomic mass is 9.90. The van der Waals surface area contributed by atoms with Crippen molar-refractivity contribution in [1.29, 1.82) is 0 Å². The number of nitrogens with zero attached hydrogens (tertiary/aromatic N) is 6. The number of fused-ring (bicyclic) bond motifs is 1. The Morgan fingerprint density at radius 3 is 2.44 bits per heavy atom. The van der Waals surface area contributed by atoms with Gasteiger partial charge in [0.25, 0.3) is 5.69 Å². The number of hydrogen-bond acceptors (Lipinski definition) is 10. The Labute approximate surface area is 245 Å². The van der Waals surface area contributed by atoms with Crippen LogP contribution in [0.2, 0.25) is 0 Å². The fraction of sp³-hybridized carbons (Fsp3) is 0.633. The van der Waals surface area contributed by atoms with E-state index in [2.05, 4.69) is 39.2 Å². The van der Waals surface area contributed by atoms with Crippen LogP contribution in [0, 0.1) is 10.1 Å². The summed E-state index contributed by atoms with van der Waals surface area (Å²) < 4.78 is 11.4. The van der Waals surface area contributed by atoms with Crippen LogP contribution in [0.15, 0.2) is 29.4 Å². The molecule has 11 heteroatoms. The topological polar surface area (TPSA) is 118 Å². The number of hydrogen-bond donors (Lipinski definition) is 1. The van der Waals surface area contributed by atoms with Crippen molar-refractivity contribution in [3.63, 3.8) is 0 Å². The van der Waals surface area contributed by atoms with E-state index in [0.717, 1.165) is 101 Å². The number of morpholine rings is 1. The lowest BCUT2D eigenvalue weighted by Gasteiger charge is -2.26. The molecule has 0 amide bonds. The Balaban J connectivity index is 0.00000141. The van der Waals surface area contributed by atoms with Crippen LogP contribution in [-0.4, -0.2) is 78.0 Å². The number of non-ortho nitro benzene ring substituents is 1. The van der Waals surface area contributed by atoms with Crippen molar-refractivity contribution in [2.24, 2.45) is 5.10 Å². The summed E-state index contributed by atoms with van der Waals surface area (Å²) in [5.74, 6) is 1.33. The highest BCUT2D eigenvalue weighted by Crippen LogP contribution is 2.27. The van der Waals surface area contributed by atoms with Crippen LogP contribution in [0.5, 0.6) is 6.01 Å². The summed E-state index contributed by atoms with van der Waals surface area (Å²) in [4.78, 5) is 24.8. The maximum Gasteiger partial charge on any atom is 0.320 e. The summed E-state index contributed by atoms with van der Waals surface area (Å²) in [6.07, 6.45) is 4.56. The molecule has 1 saturated heterocycles. The third-order valence-electron chi connectivity index (χ3n) is 6.53. The number of nitrogens with one attached hydrogen (secondary N) is 1. The van der Waals surface area contributed by atoms with Gasteiger partial charge in [-0.15, -0.1) is 0 Å². The Bertz CT molecular complexity index is 1080. The van der Waals surface area contributed by atoms with E-state index in [4.69, 9.17) is 14.5 Å². The number of aryl methyl sites for hydroxylation is 1. The molecule has 41 heavy (non-hydrogen) atoms. The average molecular weight is 572 g/mol. The van der Waals surface area contributed by atoms with Crippen LogP contribution >= 0.6 is 0 Å². The van der Waals surface area contributed by atoms with Crippen molar-refractivity contribution in [2.45, 2.75) is 73.6 Å². The van der Waals surface area contributed by atoms with Gasteiger partial charge in [0.05, 0.1) is 23.8 Å². The molecule has 0 unspecified atom stereocenters. The van der Waals surface area contributed by atoms with Gasteiger partial charge in [-0.2, -0.15) is 15.1 Å². The Kier molecular flexibility index (Phi) is 15.6. The van der Waals surface area contributed by atoms with Gasteiger partial charge in [0.15, 0.2) is 5.82 Å². The van der Waals surface area contributed by atoms with Gasteiger partial charge in [-0.05, 0) is 37.7 Å². The molecule has 1 aromatic carbocycles. The molecule has 228 valence electrons. The molecule has 1 N–H and O–H groups in total. The van der Waals surface area contributed by atoms with E-state index in [-0.39, 0.29) is 10.6 Å². The number of rotatable bonds is 12. The second kappa shape index (κ2) is 18.9. The molecule has 2 aliphatic rings. The third-order valence-corrected chi connectivity index (χ3v) is 6.53. The van der Waals surface area contributed by atoms with E-state index < -0.39 is 0 Å². The molecule has 4 rings (SSSR count). The van der Waals surface area contributed by atoms with E-state index >= 15 is 0 Å². The summed E-state index contributed by atoms with van der Waals surface area (Å²) in [6, 6.07) is 7.21. The van der Waals surface area contributed by atoms with Gasteiger partial charge in [0.1, 0.15) is 12.4 Å². The van der Waals surface area contributed by atoms with Gasteiger partial charge in [0.2, 0.25) is 0 Å². The fourth-order valence-electron chi connectivity index (χ4n) is 4.65. The molecule has 1 aromatic heterocycles. The number of ether oxygens (including phenoxy) is 2. The van der Waals surface area contributed by atoms with Gasteiger partial charge < -0.3 is 14.4 Å². The van der Waals surface area contributed by atoms with Crippen molar-refractivity contribution >= 4 is 23.0 Å². The maximum atomic E-state index is 11.3. The first kappa shape index (κ1) is 33.9. The minimum atomic E-state index is -0.368. The minimum Gasteiger partial charge on any atom is -0.462 e. The predicted octanol–water partition coefficient (Wildman–Crippen LogP) is 5.93. The van der Waals surface area contributed by atoms with E-state index in [0.29, 0.717) is 18.4 Å². The standard InChI is InChI=1S/C26H37N7O4.2C2H6/c1-3-10-32(11-4-2)25-19-24(27-26(28-25)37-17-14-31-12-15-36-16-13-31)30-29-23-7-5-6-20-8-9-21(33(34)35)18-22(20)23;2*1-2/h8-9,18-19H,3-7,10-17H2,1-2H3,(H,27,28,30);2*1-2H3/b29-23+;;. The number of hydrazone groups is 1. The first-order valence-electron chi connectivity index (χ1n) is 15.2. The fourth-order valence-corrected chi connectivity index (χ4v) is 4.65. The molecule has 1 fully saturated rings. The molecule has 11 nitrogen and oxygen atoms in total. The predicted molar refractivity (Wildman–Crippen MR) is 166 cm³/mol. The molecule has 0 bridgehead atoms. The number of anilines is 2. The van der Waals surface area contributed by atoms with E-state index in [1.54, 1.807) is 12.1 Å². The first-order chi connectivity index (χ1) is 20.1. The van der Waals surface area contributed by atoms with Crippen LogP contribution < -0.4 is 15.1 Å². The zero-order valence-electron chi connectivity index (χ0n) is 25.8. The molecule has 2 heterocycles. The summed E-state index contributed by atoms with van der Waals surface area (Å²) in [6.45, 7) is 18.6. The average Bonchev–Trinajstić information content (AvgIpc) is 3.02. The van der Waals surface area contributed by atoms with Crippen molar-refractivity contribution < 1.29 is 14.4 Å². The van der Waals surface area contributed by atoms with Crippen molar-refractivity contribution in [3.8, 4) is 6.01 Å². The Hall–Kier alpha value is -3.31. The molecule has 1 aliphatic carbocycles. The van der Waals surface area contributed by atoms with Crippen molar-refractivity contribution in [2.75, 3.05) is 62.9 Å². The Morgan fingerprint density at radius 1 is 1.07 bits per heavy atom. The van der Waals surface area contributed by atoms with Crippen LogP contribution in [0.4, 0.5) is 17.3 Å². The number of aromatic nitrogens is 2. The summed E-state index contributed by atoms with van der Waals surface area (Å²) in [5.41, 5.74) is 5.86. The van der Waals surface area contributed by atoms with Gasteiger partial charge in [-0.1, -0.05) is 47.6 Å². The van der Waals surface area contributed by atoms with Crippen molar-refractivity contribution in [1.82, 2.24) is 14.9 Å². The molecule has 0 spiro atoms. The summed E-state index contributed by atoms with van der Waals surface area (Å²) >= 11 is 0. The van der Waals surface area contributed by atoms with E-state index in [1.165, 1.54) is 0 Å². The lowest BCUT2D eigenvalue weighted by molar-refractivity contribution is -0.384. The maximum absolute atomic E-state index is 11.3. The van der Waals surface area contributed by atoms with Crippen LogP contribution in [-0.2, 0) is 11.2 Å². The Morgan fingerprint density at radius 2 is 1.78 bits per heavy atom. The quantitative estimate of drug-likeness (QED) is 0.244. The van der Waals surface area contributed by atoms with Crippen molar-refractivity contribution in [3.05, 3.63) is 45.5 Å². The highest BCUT2D eigenvalue weighted by Gasteiger charge is 2.20.